The quantitative estimate of drug-likeness (QED) is 0.840. The Balaban J connectivity index is 2.28. The Bertz CT molecular complexity index is 887. The van der Waals surface area contributed by atoms with Crippen molar-refractivity contribution >= 4 is 0 Å². The first kappa shape index (κ1) is 16.0. The van der Waals surface area contributed by atoms with E-state index in [9.17, 15) is 14.0 Å². The van der Waals surface area contributed by atoms with Crippen molar-refractivity contribution in [3.63, 3.8) is 0 Å². The highest BCUT2D eigenvalue weighted by molar-refractivity contribution is 5.56. The summed E-state index contributed by atoms with van der Waals surface area (Å²) in [5, 5.41) is 16.5. The highest BCUT2D eigenvalue weighted by atomic mass is 19.2. The summed E-state index contributed by atoms with van der Waals surface area (Å²) in [4.78, 5) is 0. The van der Waals surface area contributed by atoms with Gasteiger partial charge in [-0.2, -0.15) is 5.26 Å². The summed E-state index contributed by atoms with van der Waals surface area (Å²) in [6.45, 7) is 5.91. The maximum absolute atomic E-state index is 13.7. The van der Waals surface area contributed by atoms with Gasteiger partial charge in [0.2, 0.25) is 11.8 Å². The second-order valence-corrected chi connectivity index (χ2v) is 6.67. The molecule has 1 aliphatic heterocycles. The summed E-state index contributed by atoms with van der Waals surface area (Å²) < 4.78 is 32.5. The van der Waals surface area contributed by atoms with Crippen LogP contribution in [0.5, 0.6) is 5.88 Å². The van der Waals surface area contributed by atoms with Crippen LogP contribution in [0.2, 0.25) is 0 Å². The lowest BCUT2D eigenvalue weighted by molar-refractivity contribution is 0.378. The number of ether oxygens (including phenoxy) is 1. The Labute approximate surface area is 137 Å². The van der Waals surface area contributed by atoms with Crippen molar-refractivity contribution in [1.82, 2.24) is 10.2 Å². The van der Waals surface area contributed by atoms with Crippen LogP contribution in [0.4, 0.5) is 8.78 Å². The zero-order chi connectivity index (χ0) is 17.6. The number of hydrogen-bond donors (Lipinski definition) is 2. The predicted octanol–water partition coefficient (Wildman–Crippen LogP) is 3.20. The molecule has 7 heteroatoms. The molecule has 1 aliphatic rings. The number of hydrogen-bond acceptors (Lipinski definition) is 4. The number of rotatable bonds is 1. The molecule has 2 heterocycles. The monoisotopic (exact) mass is 330 g/mol. The van der Waals surface area contributed by atoms with Gasteiger partial charge in [-0.15, -0.1) is 5.10 Å². The lowest BCUT2D eigenvalue weighted by Gasteiger charge is -2.27. The molecule has 124 valence electrons. The molecule has 1 aromatic heterocycles. The number of aromatic amines is 1. The van der Waals surface area contributed by atoms with Gasteiger partial charge in [-0.05, 0) is 17.7 Å². The maximum atomic E-state index is 13.7. The third-order valence-corrected chi connectivity index (χ3v) is 3.97. The van der Waals surface area contributed by atoms with Gasteiger partial charge < -0.3 is 10.5 Å². The van der Waals surface area contributed by atoms with Crippen molar-refractivity contribution in [3.05, 3.63) is 58.1 Å². The van der Waals surface area contributed by atoms with Crippen LogP contribution in [0.1, 0.15) is 43.5 Å². The third kappa shape index (κ3) is 2.40. The van der Waals surface area contributed by atoms with Crippen molar-refractivity contribution in [1.29, 1.82) is 5.26 Å². The fraction of sp³-hybridized carbons (Fsp3) is 0.294. The van der Waals surface area contributed by atoms with Gasteiger partial charge in [0.05, 0.1) is 11.5 Å². The molecule has 1 aromatic carbocycles. The Hall–Kier alpha value is -2.88. The van der Waals surface area contributed by atoms with Crippen molar-refractivity contribution < 1.29 is 13.5 Å². The van der Waals surface area contributed by atoms with E-state index in [1.54, 1.807) is 0 Å². The summed E-state index contributed by atoms with van der Waals surface area (Å²) >= 11 is 0. The number of nitrogens with one attached hydrogen (secondary N) is 1. The lowest BCUT2D eigenvalue weighted by Crippen LogP contribution is -2.24. The number of benzene rings is 1. The second-order valence-electron chi connectivity index (χ2n) is 6.67. The SMILES string of the molecule is CC(C)(C)c1[nH]nc2c1C(c1ccc(F)c(F)c1)C(C#N)=C(N)O2. The van der Waals surface area contributed by atoms with E-state index >= 15 is 0 Å². The number of H-pyrrole nitrogens is 1. The van der Waals surface area contributed by atoms with E-state index in [-0.39, 0.29) is 22.8 Å². The van der Waals surface area contributed by atoms with Crippen LogP contribution in [0.3, 0.4) is 0 Å². The first-order chi connectivity index (χ1) is 11.2. The summed E-state index contributed by atoms with van der Waals surface area (Å²) in [5.74, 6) is -2.47. The van der Waals surface area contributed by atoms with Crippen LogP contribution >= 0.6 is 0 Å². The summed E-state index contributed by atoms with van der Waals surface area (Å²) in [6.07, 6.45) is 0. The van der Waals surface area contributed by atoms with Gasteiger partial charge in [0.1, 0.15) is 11.6 Å². The fourth-order valence-corrected chi connectivity index (χ4v) is 2.84. The van der Waals surface area contributed by atoms with Gasteiger partial charge in [-0.25, -0.2) is 8.78 Å². The lowest BCUT2D eigenvalue weighted by atomic mass is 9.79. The van der Waals surface area contributed by atoms with E-state index < -0.39 is 17.6 Å². The number of aromatic nitrogens is 2. The Morgan fingerprint density at radius 2 is 2.00 bits per heavy atom. The van der Waals surface area contributed by atoms with Gasteiger partial charge in [0, 0.05) is 11.1 Å². The largest absolute Gasteiger partial charge is 0.420 e. The minimum atomic E-state index is -0.989. The van der Waals surface area contributed by atoms with Crippen LogP contribution in [0.25, 0.3) is 0 Å². The normalized spacial score (nSPS) is 17.2. The maximum Gasteiger partial charge on any atom is 0.244 e. The second kappa shape index (κ2) is 5.34. The number of halogens is 2. The number of allylic oxidation sites excluding steroid dienone is 1. The van der Waals surface area contributed by atoms with Crippen molar-refractivity contribution in [2.45, 2.75) is 32.1 Å². The molecule has 2 aromatic rings. The van der Waals surface area contributed by atoms with Crippen LogP contribution in [0.15, 0.2) is 29.7 Å². The van der Waals surface area contributed by atoms with Gasteiger partial charge in [-0.3, -0.25) is 5.10 Å². The topological polar surface area (TPSA) is 87.7 Å². The van der Waals surface area contributed by atoms with E-state index in [0.29, 0.717) is 11.1 Å². The highest BCUT2D eigenvalue weighted by Crippen LogP contribution is 2.45. The Kier molecular flexibility index (Phi) is 3.56. The molecule has 0 amide bonds. The first-order valence-electron chi connectivity index (χ1n) is 7.35. The van der Waals surface area contributed by atoms with Crippen LogP contribution < -0.4 is 10.5 Å². The molecule has 5 nitrogen and oxygen atoms in total. The number of nitriles is 1. The molecule has 0 spiro atoms. The summed E-state index contributed by atoms with van der Waals surface area (Å²) in [7, 11) is 0. The van der Waals surface area contributed by atoms with Gasteiger partial charge in [-0.1, -0.05) is 26.8 Å². The van der Waals surface area contributed by atoms with Crippen molar-refractivity contribution in [2.75, 3.05) is 0 Å². The van der Waals surface area contributed by atoms with E-state index in [4.69, 9.17) is 10.5 Å². The molecule has 0 saturated heterocycles. The molecule has 0 saturated carbocycles. The predicted molar refractivity (Wildman–Crippen MR) is 82.9 cm³/mol. The standard InChI is InChI=1S/C17H16F2N4O/c1-17(2,3)14-13-12(8-4-5-10(18)11(19)6-8)9(7-20)15(21)24-16(13)23-22-14/h4-6,12H,21H2,1-3H3,(H,22,23). The van der Waals surface area contributed by atoms with Crippen molar-refractivity contribution in [3.8, 4) is 11.9 Å². The molecule has 0 aliphatic carbocycles. The summed E-state index contributed by atoms with van der Waals surface area (Å²) in [6, 6.07) is 5.55. The molecular weight excluding hydrogens is 314 g/mol. The van der Waals surface area contributed by atoms with Crippen LogP contribution in [-0.2, 0) is 5.41 Å². The van der Waals surface area contributed by atoms with E-state index in [2.05, 4.69) is 10.2 Å². The number of nitrogens with zero attached hydrogens (tertiary/aromatic N) is 2. The molecule has 0 bridgehead atoms. The van der Waals surface area contributed by atoms with Crippen LogP contribution in [-0.4, -0.2) is 10.2 Å². The highest BCUT2D eigenvalue weighted by Gasteiger charge is 2.38. The summed E-state index contributed by atoms with van der Waals surface area (Å²) in [5.41, 5.74) is 7.41. The third-order valence-electron chi connectivity index (χ3n) is 3.97. The average Bonchev–Trinajstić information content (AvgIpc) is 2.92. The molecule has 1 unspecified atom stereocenters. The molecule has 0 radical (unpaired) electrons. The van der Waals surface area contributed by atoms with Crippen LogP contribution in [0, 0.1) is 23.0 Å². The molecule has 3 N–H and O–H groups in total. The van der Waals surface area contributed by atoms with Gasteiger partial charge in [0.25, 0.3) is 0 Å². The molecule has 24 heavy (non-hydrogen) atoms. The number of nitrogens with two attached hydrogens (primary N) is 1. The van der Waals surface area contributed by atoms with Gasteiger partial charge in [0.15, 0.2) is 11.6 Å². The average molecular weight is 330 g/mol. The minimum Gasteiger partial charge on any atom is -0.420 e. The van der Waals surface area contributed by atoms with E-state index in [1.165, 1.54) is 6.07 Å². The molecular formula is C17H16F2N4O. The van der Waals surface area contributed by atoms with E-state index in [1.807, 2.05) is 26.8 Å². The minimum absolute atomic E-state index is 0.0910. The zero-order valence-corrected chi connectivity index (χ0v) is 13.4. The molecule has 3 rings (SSSR count). The Morgan fingerprint density at radius 1 is 1.29 bits per heavy atom. The first-order valence-corrected chi connectivity index (χ1v) is 7.35. The zero-order valence-electron chi connectivity index (χ0n) is 13.4. The number of fused-ring (bicyclic) bond motifs is 1. The Morgan fingerprint density at radius 3 is 2.58 bits per heavy atom. The van der Waals surface area contributed by atoms with E-state index in [0.717, 1.165) is 17.8 Å². The molecule has 0 fully saturated rings. The fourth-order valence-electron chi connectivity index (χ4n) is 2.84. The van der Waals surface area contributed by atoms with Gasteiger partial charge >= 0.3 is 0 Å². The smallest absolute Gasteiger partial charge is 0.244 e. The molecule has 1 atom stereocenters. The van der Waals surface area contributed by atoms with Crippen molar-refractivity contribution in [2.24, 2.45) is 5.73 Å².